The van der Waals surface area contributed by atoms with Gasteiger partial charge in [-0.25, -0.2) is 4.98 Å². The molecule has 1 saturated carbocycles. The predicted octanol–water partition coefficient (Wildman–Crippen LogP) is 2.39. The van der Waals surface area contributed by atoms with Crippen LogP contribution in [-0.4, -0.2) is 40.1 Å². The van der Waals surface area contributed by atoms with Crippen molar-refractivity contribution in [1.29, 1.82) is 0 Å². The number of nitrogens with two attached hydrogens (primary N) is 1. The summed E-state index contributed by atoms with van der Waals surface area (Å²) in [5.74, 6) is 0.499. The van der Waals surface area contributed by atoms with Crippen LogP contribution in [-0.2, 0) is 0 Å². The number of aromatic nitrogens is 2. The summed E-state index contributed by atoms with van der Waals surface area (Å²) in [6.07, 6.45) is 4.26. The number of likely N-dealkylation sites (tertiary alicyclic amines) is 1. The fourth-order valence-corrected chi connectivity index (χ4v) is 3.37. The zero-order valence-corrected chi connectivity index (χ0v) is 13.9. The predicted molar refractivity (Wildman–Crippen MR) is 88.9 cm³/mol. The summed E-state index contributed by atoms with van der Waals surface area (Å²) in [5, 5.41) is 4.74. The van der Waals surface area contributed by atoms with Crippen LogP contribution in [0, 0.1) is 6.92 Å². The van der Waals surface area contributed by atoms with Gasteiger partial charge in [0.2, 0.25) is 0 Å². The van der Waals surface area contributed by atoms with Gasteiger partial charge in [-0.1, -0.05) is 5.16 Å². The number of halogens is 1. The molecule has 1 aliphatic carbocycles. The van der Waals surface area contributed by atoms with E-state index in [2.05, 4.69) is 10.1 Å². The Morgan fingerprint density at radius 1 is 1.43 bits per heavy atom. The Morgan fingerprint density at radius 3 is 2.91 bits per heavy atom. The molecule has 2 aromatic heterocycles. The highest BCUT2D eigenvalue weighted by atomic mass is 35.5. The van der Waals surface area contributed by atoms with Crippen LogP contribution in [0.3, 0.4) is 0 Å². The fraction of sp³-hybridized carbons (Fsp3) is 0.562. The summed E-state index contributed by atoms with van der Waals surface area (Å²) in [4.78, 5) is 19.5. The molecule has 1 amide bonds. The van der Waals surface area contributed by atoms with Crippen molar-refractivity contribution < 1.29 is 9.32 Å². The summed E-state index contributed by atoms with van der Waals surface area (Å²) >= 11 is 0. The average Bonchev–Trinajstić information content (AvgIpc) is 3.16. The van der Waals surface area contributed by atoms with Gasteiger partial charge in [-0.3, -0.25) is 4.79 Å². The van der Waals surface area contributed by atoms with Crippen molar-refractivity contribution in [2.75, 3.05) is 13.1 Å². The van der Waals surface area contributed by atoms with Gasteiger partial charge in [-0.05, 0) is 38.7 Å². The molecular formula is C16H21ClN4O2. The van der Waals surface area contributed by atoms with E-state index in [0.717, 1.165) is 49.0 Å². The van der Waals surface area contributed by atoms with Crippen molar-refractivity contribution in [2.24, 2.45) is 5.73 Å². The number of carbonyl (C=O) groups is 1. The maximum Gasteiger partial charge on any atom is 0.259 e. The van der Waals surface area contributed by atoms with Gasteiger partial charge in [0.05, 0.1) is 16.6 Å². The summed E-state index contributed by atoms with van der Waals surface area (Å²) in [7, 11) is 0. The molecule has 2 aliphatic rings. The zero-order valence-electron chi connectivity index (χ0n) is 13.1. The van der Waals surface area contributed by atoms with E-state index in [1.165, 1.54) is 0 Å². The molecule has 124 valence electrons. The van der Waals surface area contributed by atoms with Gasteiger partial charge in [-0.15, -0.1) is 12.4 Å². The van der Waals surface area contributed by atoms with E-state index < -0.39 is 0 Å². The van der Waals surface area contributed by atoms with Crippen molar-refractivity contribution in [1.82, 2.24) is 15.0 Å². The van der Waals surface area contributed by atoms with Crippen LogP contribution >= 0.6 is 12.4 Å². The number of rotatable bonds is 3. The molecule has 2 N–H and O–H groups in total. The first-order valence-corrected chi connectivity index (χ1v) is 7.97. The van der Waals surface area contributed by atoms with E-state index in [-0.39, 0.29) is 24.4 Å². The SMILES string of the molecule is Cc1noc2nc(C3CC3)cc(C(=O)N3CCCC3CN)c12.Cl. The number of nitrogens with zero attached hydrogens (tertiary/aromatic N) is 3. The van der Waals surface area contributed by atoms with E-state index in [1.807, 2.05) is 17.9 Å². The molecular weight excluding hydrogens is 316 g/mol. The van der Waals surface area contributed by atoms with Crippen LogP contribution in [0.2, 0.25) is 0 Å². The van der Waals surface area contributed by atoms with Gasteiger partial charge < -0.3 is 15.2 Å². The molecule has 0 aromatic carbocycles. The van der Waals surface area contributed by atoms with Crippen molar-refractivity contribution in [2.45, 2.75) is 44.6 Å². The second kappa shape index (κ2) is 6.09. The largest absolute Gasteiger partial charge is 0.336 e. The summed E-state index contributed by atoms with van der Waals surface area (Å²) in [6.45, 7) is 3.14. The first-order valence-electron chi connectivity index (χ1n) is 7.97. The van der Waals surface area contributed by atoms with Crippen molar-refractivity contribution in [3.63, 3.8) is 0 Å². The molecule has 0 radical (unpaired) electrons. The number of fused-ring (bicyclic) bond motifs is 1. The number of pyridine rings is 1. The Hall–Kier alpha value is -1.66. The smallest absolute Gasteiger partial charge is 0.259 e. The quantitative estimate of drug-likeness (QED) is 0.930. The van der Waals surface area contributed by atoms with Crippen molar-refractivity contribution >= 4 is 29.4 Å². The molecule has 3 heterocycles. The minimum atomic E-state index is 0. The number of aryl methyl sites for hydroxylation is 1. The maximum absolute atomic E-state index is 13.0. The van der Waals surface area contributed by atoms with E-state index in [0.29, 0.717) is 23.7 Å². The Bertz CT molecular complexity index is 741. The molecule has 2 aromatic rings. The van der Waals surface area contributed by atoms with E-state index in [4.69, 9.17) is 10.3 Å². The Morgan fingerprint density at radius 2 is 2.22 bits per heavy atom. The minimum Gasteiger partial charge on any atom is -0.336 e. The third-order valence-electron chi connectivity index (χ3n) is 4.77. The van der Waals surface area contributed by atoms with E-state index >= 15 is 0 Å². The molecule has 1 saturated heterocycles. The monoisotopic (exact) mass is 336 g/mol. The van der Waals surface area contributed by atoms with Gasteiger partial charge in [0.15, 0.2) is 0 Å². The zero-order chi connectivity index (χ0) is 15.3. The van der Waals surface area contributed by atoms with Gasteiger partial charge in [0, 0.05) is 30.7 Å². The first kappa shape index (κ1) is 16.2. The van der Waals surface area contributed by atoms with E-state index in [9.17, 15) is 4.79 Å². The maximum atomic E-state index is 13.0. The second-order valence-corrected chi connectivity index (χ2v) is 6.35. The highest BCUT2D eigenvalue weighted by molar-refractivity contribution is 6.06. The average molecular weight is 337 g/mol. The number of amides is 1. The molecule has 7 heteroatoms. The number of hydrogen-bond donors (Lipinski definition) is 1. The van der Waals surface area contributed by atoms with Gasteiger partial charge in [0.25, 0.3) is 11.6 Å². The molecule has 1 unspecified atom stereocenters. The van der Waals surface area contributed by atoms with E-state index in [1.54, 1.807) is 0 Å². The fourth-order valence-electron chi connectivity index (χ4n) is 3.37. The Labute approximate surface area is 140 Å². The molecule has 2 fully saturated rings. The summed E-state index contributed by atoms with van der Waals surface area (Å²) in [6, 6.07) is 2.08. The van der Waals surface area contributed by atoms with Crippen LogP contribution in [0.4, 0.5) is 0 Å². The lowest BCUT2D eigenvalue weighted by Crippen LogP contribution is -2.40. The third kappa shape index (κ3) is 2.70. The lowest BCUT2D eigenvalue weighted by Gasteiger charge is -2.24. The van der Waals surface area contributed by atoms with Crippen LogP contribution in [0.15, 0.2) is 10.6 Å². The standard InChI is InChI=1S/C16H20N4O2.ClH/c1-9-14-12(16(21)20-6-2-3-11(20)8-17)7-13(10-4-5-10)18-15(14)22-19-9;/h7,10-11H,2-6,8,17H2,1H3;1H. The summed E-state index contributed by atoms with van der Waals surface area (Å²) < 4.78 is 5.32. The van der Waals surface area contributed by atoms with Gasteiger partial charge >= 0.3 is 0 Å². The minimum absolute atomic E-state index is 0. The normalized spacial score (nSPS) is 20.8. The van der Waals surface area contributed by atoms with Gasteiger partial charge in [-0.2, -0.15) is 0 Å². The second-order valence-electron chi connectivity index (χ2n) is 6.35. The topological polar surface area (TPSA) is 85.2 Å². The molecule has 1 aliphatic heterocycles. The molecule has 23 heavy (non-hydrogen) atoms. The van der Waals surface area contributed by atoms with Crippen molar-refractivity contribution in [3.05, 3.63) is 23.0 Å². The first-order chi connectivity index (χ1) is 10.7. The molecule has 0 bridgehead atoms. The molecule has 0 spiro atoms. The lowest BCUT2D eigenvalue weighted by molar-refractivity contribution is 0.0743. The van der Waals surface area contributed by atoms with Gasteiger partial charge in [0.1, 0.15) is 0 Å². The molecule has 1 atom stereocenters. The van der Waals surface area contributed by atoms with Crippen LogP contribution in [0.1, 0.15) is 53.3 Å². The van der Waals surface area contributed by atoms with Crippen LogP contribution in [0.25, 0.3) is 11.1 Å². The Kier molecular flexibility index (Phi) is 4.29. The Balaban J connectivity index is 0.00000156. The third-order valence-corrected chi connectivity index (χ3v) is 4.77. The highest BCUT2D eigenvalue weighted by Gasteiger charge is 2.33. The number of hydrogen-bond acceptors (Lipinski definition) is 5. The lowest BCUT2D eigenvalue weighted by atomic mass is 10.1. The van der Waals surface area contributed by atoms with Crippen LogP contribution < -0.4 is 5.73 Å². The summed E-state index contributed by atoms with van der Waals surface area (Å²) in [5.41, 5.74) is 8.64. The molecule has 4 rings (SSSR count). The highest BCUT2D eigenvalue weighted by Crippen LogP contribution is 2.40. The van der Waals surface area contributed by atoms with Crippen LogP contribution in [0.5, 0.6) is 0 Å². The molecule has 6 nitrogen and oxygen atoms in total. The number of carbonyl (C=O) groups excluding carboxylic acids is 1. The van der Waals surface area contributed by atoms with Crippen molar-refractivity contribution in [3.8, 4) is 0 Å².